The normalized spacial score (nSPS) is 10.4. The number of nitrogen functional groups attached to an aromatic ring is 1. The lowest BCUT2D eigenvalue weighted by atomic mass is 10.0. The van der Waals surface area contributed by atoms with Crippen molar-refractivity contribution in [3.05, 3.63) is 28.4 Å². The molecule has 0 aliphatic rings. The van der Waals surface area contributed by atoms with Gasteiger partial charge in [0.25, 0.3) is 0 Å². The Morgan fingerprint density at radius 1 is 1.44 bits per heavy atom. The third-order valence-electron chi connectivity index (χ3n) is 2.52. The van der Waals surface area contributed by atoms with E-state index < -0.39 is 0 Å². The van der Waals surface area contributed by atoms with Crippen molar-refractivity contribution >= 4 is 21.7 Å². The van der Waals surface area contributed by atoms with E-state index in [0.29, 0.717) is 5.82 Å². The van der Waals surface area contributed by atoms with Crippen LogP contribution in [0.3, 0.4) is 0 Å². The van der Waals surface area contributed by atoms with Gasteiger partial charge < -0.3 is 10.5 Å². The van der Waals surface area contributed by atoms with E-state index in [2.05, 4.69) is 26.1 Å². The second kappa shape index (κ2) is 4.17. The Morgan fingerprint density at radius 2 is 2.19 bits per heavy atom. The molecule has 0 radical (unpaired) electrons. The Bertz CT molecular complexity index is 522. The van der Waals surface area contributed by atoms with Crippen LogP contribution in [0.4, 0.5) is 5.82 Å². The molecule has 0 fully saturated rings. The molecule has 1 aromatic carbocycles. The predicted molar refractivity (Wildman–Crippen MR) is 67.4 cm³/mol. The summed E-state index contributed by atoms with van der Waals surface area (Å²) in [6.07, 6.45) is 1.70. The number of aromatic nitrogens is 2. The number of aromatic amines is 1. The van der Waals surface area contributed by atoms with Crippen molar-refractivity contribution < 1.29 is 4.74 Å². The molecule has 2 rings (SSSR count). The van der Waals surface area contributed by atoms with Crippen molar-refractivity contribution in [2.45, 2.75) is 6.92 Å². The number of H-pyrrole nitrogens is 1. The van der Waals surface area contributed by atoms with Gasteiger partial charge in [0.2, 0.25) is 0 Å². The highest BCUT2D eigenvalue weighted by molar-refractivity contribution is 9.10. The Balaban J connectivity index is 2.72. The number of rotatable bonds is 2. The molecule has 0 saturated carbocycles. The van der Waals surface area contributed by atoms with Gasteiger partial charge in [-0.3, -0.25) is 5.10 Å². The molecular formula is C11H12BrN3O. The third kappa shape index (κ3) is 1.67. The second-order valence-corrected chi connectivity index (χ2v) is 4.30. The first-order valence-corrected chi connectivity index (χ1v) is 5.56. The summed E-state index contributed by atoms with van der Waals surface area (Å²) in [4.78, 5) is 0. The van der Waals surface area contributed by atoms with Crippen LogP contribution >= 0.6 is 15.9 Å². The van der Waals surface area contributed by atoms with Crippen LogP contribution in [0, 0.1) is 6.92 Å². The van der Waals surface area contributed by atoms with Crippen LogP contribution in [0.25, 0.3) is 11.1 Å². The molecule has 4 nitrogen and oxygen atoms in total. The lowest BCUT2D eigenvalue weighted by Crippen LogP contribution is -1.94. The minimum atomic E-state index is 0.541. The summed E-state index contributed by atoms with van der Waals surface area (Å²) >= 11 is 3.49. The fraction of sp³-hybridized carbons (Fsp3) is 0.182. The first kappa shape index (κ1) is 11.0. The van der Waals surface area contributed by atoms with Gasteiger partial charge in [-0.25, -0.2) is 0 Å². The van der Waals surface area contributed by atoms with Crippen LogP contribution in [0.2, 0.25) is 0 Å². The van der Waals surface area contributed by atoms with Gasteiger partial charge in [-0.2, -0.15) is 5.10 Å². The number of hydrogen-bond donors (Lipinski definition) is 2. The lowest BCUT2D eigenvalue weighted by molar-refractivity contribution is 0.416. The Hall–Kier alpha value is -1.49. The van der Waals surface area contributed by atoms with Crippen molar-refractivity contribution in [3.63, 3.8) is 0 Å². The van der Waals surface area contributed by atoms with Crippen LogP contribution < -0.4 is 10.5 Å². The molecule has 84 valence electrons. The van der Waals surface area contributed by atoms with Crippen molar-refractivity contribution in [1.82, 2.24) is 10.2 Å². The van der Waals surface area contributed by atoms with E-state index >= 15 is 0 Å². The summed E-state index contributed by atoms with van der Waals surface area (Å²) in [5.41, 5.74) is 8.72. The summed E-state index contributed by atoms with van der Waals surface area (Å²) in [6.45, 7) is 2.01. The van der Waals surface area contributed by atoms with E-state index in [1.54, 1.807) is 13.3 Å². The number of ether oxygens (including phenoxy) is 1. The van der Waals surface area contributed by atoms with Gasteiger partial charge in [-0.1, -0.05) is 15.9 Å². The summed E-state index contributed by atoms with van der Waals surface area (Å²) in [5, 5.41) is 6.65. The van der Waals surface area contributed by atoms with Crippen molar-refractivity contribution in [3.8, 4) is 16.9 Å². The fourth-order valence-corrected chi connectivity index (χ4v) is 1.99. The van der Waals surface area contributed by atoms with Crippen molar-refractivity contribution in [1.29, 1.82) is 0 Å². The molecule has 0 amide bonds. The summed E-state index contributed by atoms with van der Waals surface area (Å²) in [7, 11) is 1.64. The van der Waals surface area contributed by atoms with Crippen LogP contribution in [-0.4, -0.2) is 17.3 Å². The smallest absolute Gasteiger partial charge is 0.127 e. The minimum Gasteiger partial charge on any atom is -0.496 e. The molecule has 3 N–H and O–H groups in total. The number of methoxy groups -OCH3 is 1. The molecule has 0 spiro atoms. The van der Waals surface area contributed by atoms with Crippen LogP contribution in [0.5, 0.6) is 5.75 Å². The monoisotopic (exact) mass is 281 g/mol. The van der Waals surface area contributed by atoms with Crippen LogP contribution in [-0.2, 0) is 0 Å². The number of nitrogens with zero attached hydrogens (tertiary/aromatic N) is 1. The SMILES string of the molecule is COc1ccc(Br)c(C)c1-c1cn[nH]c1N. The first-order valence-electron chi connectivity index (χ1n) is 4.77. The summed E-state index contributed by atoms with van der Waals surface area (Å²) in [5.74, 6) is 1.33. The topological polar surface area (TPSA) is 63.9 Å². The molecule has 1 heterocycles. The average Bonchev–Trinajstić information content (AvgIpc) is 2.68. The van der Waals surface area contributed by atoms with Crippen molar-refractivity contribution in [2.75, 3.05) is 12.8 Å². The maximum Gasteiger partial charge on any atom is 0.127 e. The highest BCUT2D eigenvalue weighted by Gasteiger charge is 2.15. The highest BCUT2D eigenvalue weighted by atomic mass is 79.9. The molecule has 0 aliphatic heterocycles. The van der Waals surface area contributed by atoms with Gasteiger partial charge in [0, 0.05) is 15.6 Å². The molecule has 2 aromatic rings. The molecule has 0 saturated heterocycles. The molecule has 0 aliphatic carbocycles. The molecular weight excluding hydrogens is 270 g/mol. The highest BCUT2D eigenvalue weighted by Crippen LogP contribution is 2.38. The van der Waals surface area contributed by atoms with Crippen molar-refractivity contribution in [2.24, 2.45) is 0 Å². The van der Waals surface area contributed by atoms with Gasteiger partial charge >= 0.3 is 0 Å². The maximum atomic E-state index is 5.83. The fourth-order valence-electron chi connectivity index (χ4n) is 1.66. The number of halogens is 1. The summed E-state index contributed by atoms with van der Waals surface area (Å²) in [6, 6.07) is 3.85. The molecule has 16 heavy (non-hydrogen) atoms. The Morgan fingerprint density at radius 3 is 2.75 bits per heavy atom. The zero-order chi connectivity index (χ0) is 11.7. The van der Waals surface area contributed by atoms with E-state index in [1.165, 1.54) is 0 Å². The van der Waals surface area contributed by atoms with Gasteiger partial charge in [-0.05, 0) is 24.6 Å². The first-order chi connectivity index (χ1) is 7.65. The van der Waals surface area contributed by atoms with E-state index in [-0.39, 0.29) is 0 Å². The van der Waals surface area contributed by atoms with E-state index in [9.17, 15) is 0 Å². The quantitative estimate of drug-likeness (QED) is 0.890. The molecule has 0 unspecified atom stereocenters. The minimum absolute atomic E-state index is 0.541. The zero-order valence-electron chi connectivity index (χ0n) is 9.04. The molecule has 1 aromatic heterocycles. The number of anilines is 1. The van der Waals surface area contributed by atoms with Gasteiger partial charge in [0.05, 0.1) is 13.3 Å². The standard InChI is InChI=1S/C11H12BrN3O/c1-6-8(12)3-4-9(16-2)10(6)7-5-14-15-11(7)13/h3-5H,1-2H3,(H3,13,14,15). The zero-order valence-corrected chi connectivity index (χ0v) is 10.6. The third-order valence-corrected chi connectivity index (χ3v) is 3.38. The van der Waals surface area contributed by atoms with Crippen LogP contribution in [0.1, 0.15) is 5.56 Å². The van der Waals surface area contributed by atoms with Gasteiger partial charge in [0.15, 0.2) is 0 Å². The van der Waals surface area contributed by atoms with Crippen LogP contribution in [0.15, 0.2) is 22.8 Å². The number of nitrogens with two attached hydrogens (primary N) is 1. The van der Waals surface area contributed by atoms with E-state index in [0.717, 1.165) is 26.9 Å². The molecule has 0 atom stereocenters. The Labute approximate surface area is 102 Å². The Kier molecular flexibility index (Phi) is 2.87. The lowest BCUT2D eigenvalue weighted by Gasteiger charge is -2.12. The molecule has 0 bridgehead atoms. The largest absolute Gasteiger partial charge is 0.496 e. The molecule has 5 heteroatoms. The van der Waals surface area contributed by atoms with E-state index in [1.807, 2.05) is 19.1 Å². The average molecular weight is 282 g/mol. The number of hydrogen-bond acceptors (Lipinski definition) is 3. The van der Waals surface area contributed by atoms with Gasteiger partial charge in [0.1, 0.15) is 11.6 Å². The number of benzene rings is 1. The second-order valence-electron chi connectivity index (χ2n) is 3.45. The van der Waals surface area contributed by atoms with E-state index in [4.69, 9.17) is 10.5 Å². The maximum absolute atomic E-state index is 5.83. The summed E-state index contributed by atoms with van der Waals surface area (Å²) < 4.78 is 6.36. The number of nitrogens with one attached hydrogen (secondary N) is 1. The van der Waals surface area contributed by atoms with Gasteiger partial charge in [-0.15, -0.1) is 0 Å². The predicted octanol–water partition coefficient (Wildman–Crippen LogP) is 2.74.